The van der Waals surface area contributed by atoms with E-state index in [2.05, 4.69) is 11.9 Å². The van der Waals surface area contributed by atoms with E-state index in [-0.39, 0.29) is 11.8 Å². The Labute approximate surface area is 118 Å². The number of fused-ring (bicyclic) bond motifs is 1. The first-order chi connectivity index (χ1) is 9.67. The van der Waals surface area contributed by atoms with E-state index in [0.717, 1.165) is 24.1 Å². The van der Waals surface area contributed by atoms with Crippen LogP contribution in [0.3, 0.4) is 0 Å². The van der Waals surface area contributed by atoms with Gasteiger partial charge in [0.15, 0.2) is 5.43 Å². The number of unbranched alkanes of at least 4 members (excludes halogenated alkanes) is 1. The van der Waals surface area contributed by atoms with Gasteiger partial charge in [-0.1, -0.05) is 13.3 Å². The molecule has 1 aromatic heterocycles. The summed E-state index contributed by atoms with van der Waals surface area (Å²) in [4.78, 5) is 15.6. The molecule has 4 heteroatoms. The fraction of sp³-hybridized carbons (Fsp3) is 0.375. The highest BCUT2D eigenvalue weighted by atomic mass is 16.5. The topological polar surface area (TPSA) is 65.9 Å². The molecule has 1 N–H and O–H groups in total. The molecule has 0 aliphatic carbocycles. The summed E-state index contributed by atoms with van der Waals surface area (Å²) in [6, 6.07) is 7.50. The first-order valence-corrected chi connectivity index (χ1v) is 6.82. The second-order valence-corrected chi connectivity index (χ2v) is 4.80. The summed E-state index contributed by atoms with van der Waals surface area (Å²) in [5.74, 6) is 0.697. The van der Waals surface area contributed by atoms with E-state index in [1.165, 1.54) is 0 Å². The van der Waals surface area contributed by atoms with Crippen molar-refractivity contribution < 1.29 is 4.74 Å². The van der Waals surface area contributed by atoms with Gasteiger partial charge < -0.3 is 9.72 Å². The third-order valence-corrected chi connectivity index (χ3v) is 3.31. The number of benzene rings is 1. The molecule has 2 aromatic rings. The van der Waals surface area contributed by atoms with Gasteiger partial charge in [0.25, 0.3) is 0 Å². The maximum Gasteiger partial charge on any atom is 0.194 e. The zero-order chi connectivity index (χ0) is 14.5. The van der Waals surface area contributed by atoms with Crippen molar-refractivity contribution in [1.82, 2.24) is 4.98 Å². The summed E-state index contributed by atoms with van der Waals surface area (Å²) in [6.07, 6.45) is 2.18. The molecule has 104 valence electrons. The number of nitrogens with zero attached hydrogens (tertiary/aromatic N) is 1. The quantitative estimate of drug-likeness (QED) is 0.849. The number of nitrogens with one attached hydrogen (secondary N) is 1. The molecule has 0 bridgehead atoms. The van der Waals surface area contributed by atoms with Gasteiger partial charge in [-0.3, -0.25) is 4.79 Å². The maximum absolute atomic E-state index is 12.4. The molecule has 0 aliphatic heterocycles. The third-order valence-electron chi connectivity index (χ3n) is 3.31. The predicted octanol–water partition coefficient (Wildman–Crippen LogP) is 3.08. The van der Waals surface area contributed by atoms with Gasteiger partial charge in [0.2, 0.25) is 0 Å². The molecule has 20 heavy (non-hydrogen) atoms. The second kappa shape index (κ2) is 6.25. The van der Waals surface area contributed by atoms with Gasteiger partial charge in [0.05, 0.1) is 19.1 Å². The highest BCUT2D eigenvalue weighted by molar-refractivity contribution is 5.81. The van der Waals surface area contributed by atoms with Gasteiger partial charge in [-0.2, -0.15) is 5.26 Å². The lowest BCUT2D eigenvalue weighted by Crippen LogP contribution is -2.13. The van der Waals surface area contributed by atoms with Crippen LogP contribution >= 0.6 is 0 Å². The van der Waals surface area contributed by atoms with Crippen molar-refractivity contribution in [3.63, 3.8) is 0 Å². The number of hydrogen-bond acceptors (Lipinski definition) is 3. The van der Waals surface area contributed by atoms with Crippen molar-refractivity contribution in [1.29, 1.82) is 5.26 Å². The minimum atomic E-state index is -0.0845. The van der Waals surface area contributed by atoms with Gasteiger partial charge in [0.1, 0.15) is 5.75 Å². The summed E-state index contributed by atoms with van der Waals surface area (Å²) in [5, 5.41) is 9.39. The molecule has 1 heterocycles. The molecule has 0 radical (unpaired) electrons. The lowest BCUT2D eigenvalue weighted by Gasteiger charge is -2.08. The summed E-state index contributed by atoms with van der Waals surface area (Å²) in [5.41, 5.74) is 1.98. The van der Waals surface area contributed by atoms with Crippen LogP contribution in [0.15, 0.2) is 23.0 Å². The van der Waals surface area contributed by atoms with Gasteiger partial charge in [0, 0.05) is 22.2 Å². The number of H-pyrrole nitrogens is 1. The Kier molecular flexibility index (Phi) is 4.41. The average molecular weight is 270 g/mol. The highest BCUT2D eigenvalue weighted by Crippen LogP contribution is 2.19. The highest BCUT2D eigenvalue weighted by Gasteiger charge is 2.09. The molecule has 0 spiro atoms. The first kappa shape index (κ1) is 14.1. The minimum absolute atomic E-state index is 0.0845. The summed E-state index contributed by atoms with van der Waals surface area (Å²) < 4.78 is 5.62. The Bertz CT molecular complexity index is 711. The van der Waals surface area contributed by atoms with E-state index in [1.54, 1.807) is 6.07 Å². The van der Waals surface area contributed by atoms with Crippen molar-refractivity contribution in [3.05, 3.63) is 39.7 Å². The van der Waals surface area contributed by atoms with Crippen molar-refractivity contribution in [3.8, 4) is 11.8 Å². The second-order valence-electron chi connectivity index (χ2n) is 4.80. The van der Waals surface area contributed by atoms with E-state index >= 15 is 0 Å². The summed E-state index contributed by atoms with van der Waals surface area (Å²) >= 11 is 0. The predicted molar refractivity (Wildman–Crippen MR) is 79.0 cm³/mol. The summed E-state index contributed by atoms with van der Waals surface area (Å²) in [7, 11) is 0. The van der Waals surface area contributed by atoms with Crippen LogP contribution in [0.4, 0.5) is 0 Å². The molecule has 0 amide bonds. The van der Waals surface area contributed by atoms with E-state index in [1.807, 2.05) is 25.1 Å². The third kappa shape index (κ3) is 2.83. The zero-order valence-corrected chi connectivity index (χ0v) is 11.8. The maximum atomic E-state index is 12.4. The number of ether oxygens (including phenoxy) is 1. The van der Waals surface area contributed by atoms with Crippen molar-refractivity contribution in [2.45, 2.75) is 33.1 Å². The molecule has 0 aliphatic rings. The van der Waals surface area contributed by atoms with Crippen molar-refractivity contribution >= 4 is 10.9 Å². The number of hydrogen-bond donors (Lipinski definition) is 1. The summed E-state index contributed by atoms with van der Waals surface area (Å²) in [6.45, 7) is 4.57. The van der Waals surface area contributed by atoms with Gasteiger partial charge in [-0.25, -0.2) is 0 Å². The molecule has 0 saturated heterocycles. The Hall–Kier alpha value is -2.28. The Morgan fingerprint density at radius 3 is 2.90 bits per heavy atom. The Balaban J connectivity index is 2.45. The number of aromatic amines is 1. The van der Waals surface area contributed by atoms with Crippen LogP contribution in [0.2, 0.25) is 0 Å². The van der Waals surface area contributed by atoms with Gasteiger partial charge in [-0.05, 0) is 31.5 Å². The molecular weight excluding hydrogens is 252 g/mol. The SMILES string of the molecule is CCCCOc1ccc2[nH]c(C)c(CC#N)c(=O)c2c1. The number of pyridine rings is 1. The number of aromatic nitrogens is 1. The van der Waals surface area contributed by atoms with Crippen LogP contribution < -0.4 is 10.2 Å². The molecule has 0 unspecified atom stereocenters. The average Bonchev–Trinajstić information content (AvgIpc) is 2.44. The lowest BCUT2D eigenvalue weighted by molar-refractivity contribution is 0.310. The molecule has 0 atom stereocenters. The van der Waals surface area contributed by atoms with E-state index in [0.29, 0.717) is 23.3 Å². The van der Waals surface area contributed by atoms with E-state index < -0.39 is 0 Å². The van der Waals surface area contributed by atoms with Crippen LogP contribution in [0, 0.1) is 18.3 Å². The van der Waals surface area contributed by atoms with E-state index in [9.17, 15) is 4.79 Å². The molecule has 0 saturated carbocycles. The largest absolute Gasteiger partial charge is 0.494 e. The molecule has 4 nitrogen and oxygen atoms in total. The monoisotopic (exact) mass is 270 g/mol. The van der Waals surface area contributed by atoms with Gasteiger partial charge in [-0.15, -0.1) is 0 Å². The van der Waals surface area contributed by atoms with Crippen molar-refractivity contribution in [2.24, 2.45) is 0 Å². The fourth-order valence-electron chi connectivity index (χ4n) is 2.15. The van der Waals surface area contributed by atoms with Crippen LogP contribution in [0.25, 0.3) is 10.9 Å². The molecule has 0 fully saturated rings. The first-order valence-electron chi connectivity index (χ1n) is 6.82. The van der Waals surface area contributed by atoms with Crippen LogP contribution in [-0.4, -0.2) is 11.6 Å². The van der Waals surface area contributed by atoms with Crippen LogP contribution in [0.5, 0.6) is 5.75 Å². The normalized spacial score (nSPS) is 10.4. The van der Waals surface area contributed by atoms with Crippen molar-refractivity contribution in [2.75, 3.05) is 6.61 Å². The lowest BCUT2D eigenvalue weighted by atomic mass is 10.1. The van der Waals surface area contributed by atoms with Gasteiger partial charge >= 0.3 is 0 Å². The van der Waals surface area contributed by atoms with E-state index in [4.69, 9.17) is 10.00 Å². The molecular formula is C16H18N2O2. The number of nitriles is 1. The molecule has 1 aromatic carbocycles. The zero-order valence-electron chi connectivity index (χ0n) is 11.8. The molecule has 2 rings (SSSR count). The number of aryl methyl sites for hydroxylation is 1. The van der Waals surface area contributed by atoms with Crippen LogP contribution in [-0.2, 0) is 6.42 Å². The number of rotatable bonds is 5. The standard InChI is InChI=1S/C16H18N2O2/c1-3-4-9-20-12-5-6-15-14(10-12)16(19)13(7-8-17)11(2)18-15/h5-6,10H,3-4,7,9H2,1-2H3,(H,18,19). The fourth-order valence-corrected chi connectivity index (χ4v) is 2.15. The Morgan fingerprint density at radius 2 is 2.20 bits per heavy atom. The minimum Gasteiger partial charge on any atom is -0.494 e. The Morgan fingerprint density at radius 1 is 1.40 bits per heavy atom. The smallest absolute Gasteiger partial charge is 0.194 e. The van der Waals surface area contributed by atoms with Crippen LogP contribution in [0.1, 0.15) is 31.0 Å².